The van der Waals surface area contributed by atoms with Crippen molar-refractivity contribution >= 4 is 11.8 Å². The summed E-state index contributed by atoms with van der Waals surface area (Å²) in [6, 6.07) is 6.50. The molecular formula is C12H17NS. The third kappa shape index (κ3) is 3.20. The molecule has 1 nitrogen and oxygen atoms in total. The molecule has 0 aliphatic rings. The van der Waals surface area contributed by atoms with E-state index < -0.39 is 0 Å². The molecule has 1 rings (SSSR count). The molecule has 0 saturated carbocycles. The van der Waals surface area contributed by atoms with E-state index in [1.165, 1.54) is 16.0 Å². The molecule has 76 valence electrons. The van der Waals surface area contributed by atoms with Gasteiger partial charge in [0.05, 0.1) is 0 Å². The lowest BCUT2D eigenvalue weighted by atomic mass is 10.2. The minimum atomic E-state index is 0.581. The van der Waals surface area contributed by atoms with E-state index in [2.05, 4.69) is 38.6 Å². The lowest BCUT2D eigenvalue weighted by molar-refractivity contribution is 1.15. The molecule has 0 atom stereocenters. The van der Waals surface area contributed by atoms with Crippen LogP contribution in [0.1, 0.15) is 11.1 Å². The highest BCUT2D eigenvalue weighted by molar-refractivity contribution is 7.99. The van der Waals surface area contributed by atoms with Gasteiger partial charge in [0.2, 0.25) is 0 Å². The van der Waals surface area contributed by atoms with Crippen LogP contribution in [0.5, 0.6) is 0 Å². The van der Waals surface area contributed by atoms with E-state index in [1.807, 2.05) is 11.8 Å². The molecule has 0 aliphatic carbocycles. The average molecular weight is 207 g/mol. The first-order chi connectivity index (χ1) is 6.63. The average Bonchev–Trinajstić information content (AvgIpc) is 2.19. The topological polar surface area (TPSA) is 26.0 Å². The maximum absolute atomic E-state index is 5.49. The first-order valence-corrected chi connectivity index (χ1v) is 5.69. The molecule has 1 aromatic carbocycles. The van der Waals surface area contributed by atoms with Gasteiger partial charge in [0.1, 0.15) is 0 Å². The van der Waals surface area contributed by atoms with Crippen LogP contribution in [0.3, 0.4) is 0 Å². The van der Waals surface area contributed by atoms with E-state index in [0.717, 1.165) is 11.3 Å². The Labute approximate surface area is 90.4 Å². The van der Waals surface area contributed by atoms with E-state index >= 15 is 0 Å². The molecule has 2 heteroatoms. The molecule has 14 heavy (non-hydrogen) atoms. The van der Waals surface area contributed by atoms with Crippen LogP contribution >= 0.6 is 11.8 Å². The second-order valence-corrected chi connectivity index (χ2v) is 4.53. The lowest BCUT2D eigenvalue weighted by Crippen LogP contribution is -2.03. The molecule has 0 spiro atoms. The summed E-state index contributed by atoms with van der Waals surface area (Å²) < 4.78 is 0. The van der Waals surface area contributed by atoms with Gasteiger partial charge in [-0.2, -0.15) is 0 Å². The molecule has 2 N–H and O–H groups in total. The van der Waals surface area contributed by atoms with Crippen molar-refractivity contribution in [3.05, 3.63) is 41.5 Å². The zero-order valence-corrected chi connectivity index (χ0v) is 9.66. The van der Waals surface area contributed by atoms with Crippen molar-refractivity contribution in [2.75, 3.05) is 12.3 Å². The molecule has 0 heterocycles. The van der Waals surface area contributed by atoms with Crippen LogP contribution in [0.25, 0.3) is 0 Å². The fourth-order valence-electron chi connectivity index (χ4n) is 1.10. The van der Waals surface area contributed by atoms with Crippen LogP contribution in [0, 0.1) is 13.8 Å². The van der Waals surface area contributed by atoms with Gasteiger partial charge in [0.15, 0.2) is 0 Å². The number of hydrogen-bond acceptors (Lipinski definition) is 2. The summed E-state index contributed by atoms with van der Waals surface area (Å²) in [5.74, 6) is 0.917. The minimum Gasteiger partial charge on any atom is -0.327 e. The van der Waals surface area contributed by atoms with Gasteiger partial charge in [0.25, 0.3) is 0 Å². The molecule has 0 saturated heterocycles. The van der Waals surface area contributed by atoms with Crippen molar-refractivity contribution in [1.82, 2.24) is 0 Å². The summed E-state index contributed by atoms with van der Waals surface area (Å²) in [4.78, 5) is 1.33. The van der Waals surface area contributed by atoms with Gasteiger partial charge in [-0.05, 0) is 25.5 Å². The minimum absolute atomic E-state index is 0.581. The van der Waals surface area contributed by atoms with Gasteiger partial charge in [0, 0.05) is 17.2 Å². The Kier molecular flexibility index (Phi) is 4.23. The molecule has 0 amide bonds. The lowest BCUT2D eigenvalue weighted by Gasteiger charge is -2.07. The Hall–Kier alpha value is -0.730. The van der Waals surface area contributed by atoms with Crippen LogP contribution in [0.4, 0.5) is 0 Å². The monoisotopic (exact) mass is 207 g/mol. The summed E-state index contributed by atoms with van der Waals surface area (Å²) in [7, 11) is 0. The molecular weight excluding hydrogens is 190 g/mol. The van der Waals surface area contributed by atoms with Crippen molar-refractivity contribution in [1.29, 1.82) is 0 Å². The first-order valence-electron chi connectivity index (χ1n) is 4.70. The second kappa shape index (κ2) is 5.23. The number of aryl methyl sites for hydroxylation is 2. The first kappa shape index (κ1) is 11.3. The van der Waals surface area contributed by atoms with E-state index in [4.69, 9.17) is 5.73 Å². The summed E-state index contributed by atoms with van der Waals surface area (Å²) in [5.41, 5.74) is 9.21. The Morgan fingerprint density at radius 3 is 2.79 bits per heavy atom. The second-order valence-electron chi connectivity index (χ2n) is 3.51. The highest BCUT2D eigenvalue weighted by Gasteiger charge is 2.00. The number of benzene rings is 1. The normalized spacial score (nSPS) is 10.2. The van der Waals surface area contributed by atoms with E-state index in [0.29, 0.717) is 6.54 Å². The fraction of sp³-hybridized carbons (Fsp3) is 0.333. The van der Waals surface area contributed by atoms with Crippen LogP contribution in [0.15, 0.2) is 35.2 Å². The number of thioether (sulfide) groups is 1. The highest BCUT2D eigenvalue weighted by atomic mass is 32.2. The summed E-state index contributed by atoms with van der Waals surface area (Å²) in [6.45, 7) is 8.72. The zero-order valence-electron chi connectivity index (χ0n) is 8.84. The number of rotatable bonds is 4. The number of nitrogens with two attached hydrogens (primary N) is 1. The number of hydrogen-bond donors (Lipinski definition) is 1. The van der Waals surface area contributed by atoms with Crippen molar-refractivity contribution in [3.8, 4) is 0 Å². The SMILES string of the molecule is C=C(CN)CSc1cc(C)ccc1C. The van der Waals surface area contributed by atoms with Crippen LogP contribution in [0.2, 0.25) is 0 Å². The Morgan fingerprint density at radius 1 is 1.43 bits per heavy atom. The molecule has 0 aromatic heterocycles. The molecule has 0 radical (unpaired) electrons. The highest BCUT2D eigenvalue weighted by Crippen LogP contribution is 2.24. The van der Waals surface area contributed by atoms with Crippen LogP contribution < -0.4 is 5.73 Å². The van der Waals surface area contributed by atoms with E-state index in [-0.39, 0.29) is 0 Å². The zero-order chi connectivity index (χ0) is 10.6. The smallest absolute Gasteiger partial charge is 0.0200 e. The third-order valence-corrected chi connectivity index (χ3v) is 3.37. The van der Waals surface area contributed by atoms with Gasteiger partial charge in [-0.15, -0.1) is 11.8 Å². The van der Waals surface area contributed by atoms with E-state index in [9.17, 15) is 0 Å². The molecule has 0 unspecified atom stereocenters. The quantitative estimate of drug-likeness (QED) is 0.607. The summed E-state index contributed by atoms with van der Waals surface area (Å²) >= 11 is 1.81. The van der Waals surface area contributed by atoms with Crippen LogP contribution in [-0.4, -0.2) is 12.3 Å². The van der Waals surface area contributed by atoms with E-state index in [1.54, 1.807) is 0 Å². The molecule has 0 aliphatic heterocycles. The molecule has 0 bridgehead atoms. The van der Waals surface area contributed by atoms with Gasteiger partial charge < -0.3 is 5.73 Å². The Morgan fingerprint density at radius 2 is 2.14 bits per heavy atom. The summed E-state index contributed by atoms with van der Waals surface area (Å²) in [6.07, 6.45) is 0. The third-order valence-electron chi connectivity index (χ3n) is 2.06. The largest absolute Gasteiger partial charge is 0.327 e. The maximum atomic E-state index is 5.49. The Bertz CT molecular complexity index is 331. The summed E-state index contributed by atoms with van der Waals surface area (Å²) in [5, 5.41) is 0. The molecule has 0 fully saturated rings. The van der Waals surface area contributed by atoms with Crippen molar-refractivity contribution in [2.45, 2.75) is 18.7 Å². The van der Waals surface area contributed by atoms with Gasteiger partial charge in [-0.25, -0.2) is 0 Å². The maximum Gasteiger partial charge on any atom is 0.0200 e. The van der Waals surface area contributed by atoms with Crippen LogP contribution in [-0.2, 0) is 0 Å². The standard InChI is InChI=1S/C12H17NS/c1-9-4-5-11(3)12(6-9)14-8-10(2)7-13/h4-6H,2,7-8,13H2,1,3H3. The van der Waals surface area contributed by atoms with Gasteiger partial charge in [-0.1, -0.05) is 29.8 Å². The predicted octanol–water partition coefficient (Wildman–Crippen LogP) is 2.91. The molecule has 1 aromatic rings. The van der Waals surface area contributed by atoms with Crippen molar-refractivity contribution < 1.29 is 0 Å². The van der Waals surface area contributed by atoms with Crippen molar-refractivity contribution in [3.63, 3.8) is 0 Å². The van der Waals surface area contributed by atoms with Gasteiger partial charge in [-0.3, -0.25) is 0 Å². The fourth-order valence-corrected chi connectivity index (χ4v) is 2.14. The predicted molar refractivity (Wildman–Crippen MR) is 64.8 cm³/mol. The Balaban J connectivity index is 2.66. The van der Waals surface area contributed by atoms with Crippen molar-refractivity contribution in [2.24, 2.45) is 5.73 Å². The van der Waals surface area contributed by atoms with Gasteiger partial charge >= 0.3 is 0 Å².